The molecule has 1 aromatic heterocycles. The number of benzene rings is 1. The number of hydrogen-bond donors (Lipinski definition) is 1. The van der Waals surface area contributed by atoms with Gasteiger partial charge >= 0.3 is 0 Å². The highest BCUT2D eigenvalue weighted by Gasteiger charge is 2.48. The molecule has 2 unspecified atom stereocenters. The van der Waals surface area contributed by atoms with E-state index in [9.17, 15) is 0 Å². The number of nitrogens with zero attached hydrogens (tertiary/aromatic N) is 1. The van der Waals surface area contributed by atoms with Crippen molar-refractivity contribution in [1.82, 2.24) is 4.98 Å². The lowest BCUT2D eigenvalue weighted by Crippen LogP contribution is -2.58. The van der Waals surface area contributed by atoms with Crippen molar-refractivity contribution in [3.63, 3.8) is 0 Å². The maximum Gasteiger partial charge on any atom is 0.123 e. The second kappa shape index (κ2) is 5.78. The van der Waals surface area contributed by atoms with Gasteiger partial charge in [-0.15, -0.1) is 11.3 Å². The predicted molar refractivity (Wildman–Crippen MR) is 88.8 cm³/mol. The first-order chi connectivity index (χ1) is 10.1. The molecule has 1 N–H and O–H groups in total. The molecule has 1 aromatic carbocycles. The van der Waals surface area contributed by atoms with Crippen molar-refractivity contribution >= 4 is 17.0 Å². The lowest BCUT2D eigenvalue weighted by molar-refractivity contribution is -0.0975. The summed E-state index contributed by atoms with van der Waals surface area (Å²) in [4.78, 5) is 4.38. The molecule has 2 aromatic rings. The Kier molecular flexibility index (Phi) is 4.00. The minimum atomic E-state index is 0.174. The van der Waals surface area contributed by atoms with Crippen molar-refractivity contribution in [2.45, 2.75) is 39.3 Å². The minimum absolute atomic E-state index is 0.174. The molecule has 1 heterocycles. The molecule has 0 amide bonds. The van der Waals surface area contributed by atoms with E-state index >= 15 is 0 Å². The first-order valence-corrected chi connectivity index (χ1v) is 8.37. The smallest absolute Gasteiger partial charge is 0.123 e. The Morgan fingerprint density at radius 2 is 2.29 bits per heavy atom. The molecule has 0 radical (unpaired) electrons. The third kappa shape index (κ3) is 2.83. The summed E-state index contributed by atoms with van der Waals surface area (Å²) in [5.74, 6) is 0. The average molecular weight is 302 g/mol. The number of thiazole rings is 1. The third-order valence-electron chi connectivity index (χ3n) is 4.43. The van der Waals surface area contributed by atoms with Crippen LogP contribution in [0, 0.1) is 5.41 Å². The van der Waals surface area contributed by atoms with E-state index in [2.05, 4.69) is 55.3 Å². The largest absolute Gasteiger partial charge is 0.382 e. The fourth-order valence-corrected chi connectivity index (χ4v) is 3.56. The molecule has 112 valence electrons. The van der Waals surface area contributed by atoms with Crippen molar-refractivity contribution in [3.8, 4) is 10.6 Å². The van der Waals surface area contributed by atoms with Crippen LogP contribution in [0.4, 0.5) is 5.69 Å². The number of rotatable bonds is 5. The van der Waals surface area contributed by atoms with Crippen molar-refractivity contribution in [2.75, 3.05) is 11.9 Å². The third-order valence-corrected chi connectivity index (χ3v) is 5.25. The zero-order chi connectivity index (χ0) is 14.9. The summed E-state index contributed by atoms with van der Waals surface area (Å²) in [7, 11) is 0. The molecule has 21 heavy (non-hydrogen) atoms. The Morgan fingerprint density at radius 1 is 1.43 bits per heavy atom. The normalized spacial score (nSPS) is 23.6. The van der Waals surface area contributed by atoms with Crippen LogP contribution in [-0.4, -0.2) is 23.7 Å². The molecule has 0 aliphatic heterocycles. The molecule has 3 rings (SSSR count). The highest BCUT2D eigenvalue weighted by Crippen LogP contribution is 2.44. The molecular weight excluding hydrogens is 280 g/mol. The molecule has 1 aliphatic rings. The van der Waals surface area contributed by atoms with Gasteiger partial charge in [0.05, 0.1) is 6.10 Å². The molecule has 4 heteroatoms. The Balaban J connectivity index is 1.71. The second-order valence-electron chi connectivity index (χ2n) is 6.12. The van der Waals surface area contributed by atoms with E-state index in [0.29, 0.717) is 12.1 Å². The average Bonchev–Trinajstić information content (AvgIpc) is 3.01. The summed E-state index contributed by atoms with van der Waals surface area (Å²) < 4.78 is 5.80. The van der Waals surface area contributed by atoms with Crippen LogP contribution in [0.25, 0.3) is 10.6 Å². The topological polar surface area (TPSA) is 34.1 Å². The lowest BCUT2D eigenvalue weighted by Gasteiger charge is -2.52. The molecule has 2 atom stereocenters. The van der Waals surface area contributed by atoms with Gasteiger partial charge in [-0.3, -0.25) is 0 Å². The molecule has 0 bridgehead atoms. The van der Waals surface area contributed by atoms with Crippen molar-refractivity contribution in [3.05, 3.63) is 35.8 Å². The highest BCUT2D eigenvalue weighted by molar-refractivity contribution is 7.13. The van der Waals surface area contributed by atoms with Crippen LogP contribution >= 0.6 is 11.3 Å². The van der Waals surface area contributed by atoms with Crippen LogP contribution in [0.3, 0.4) is 0 Å². The van der Waals surface area contributed by atoms with Crippen molar-refractivity contribution in [1.29, 1.82) is 0 Å². The first-order valence-electron chi connectivity index (χ1n) is 7.49. The Labute approximate surface area is 130 Å². The Morgan fingerprint density at radius 3 is 2.95 bits per heavy atom. The standard InChI is InChI=1S/C17H22N2OS/c1-4-20-15-11-14(17(15,2)3)19-13-7-5-6-12(10-13)16-18-8-9-21-16/h5-10,14-15,19H,4,11H2,1-3H3. The quantitative estimate of drug-likeness (QED) is 0.887. The summed E-state index contributed by atoms with van der Waals surface area (Å²) in [6, 6.07) is 8.97. The summed E-state index contributed by atoms with van der Waals surface area (Å²) in [5.41, 5.74) is 2.51. The molecule has 0 saturated heterocycles. The van der Waals surface area contributed by atoms with Crippen LogP contribution < -0.4 is 5.32 Å². The zero-order valence-electron chi connectivity index (χ0n) is 12.8. The maximum atomic E-state index is 5.80. The Hall–Kier alpha value is -1.39. The van der Waals surface area contributed by atoms with Gasteiger partial charge in [-0.1, -0.05) is 26.0 Å². The van der Waals surface area contributed by atoms with Gasteiger partial charge < -0.3 is 10.1 Å². The summed E-state index contributed by atoms with van der Waals surface area (Å²) in [5, 5.41) is 6.74. The van der Waals surface area contributed by atoms with Gasteiger partial charge in [0, 0.05) is 40.9 Å². The van der Waals surface area contributed by atoms with Crippen LogP contribution in [0.15, 0.2) is 35.8 Å². The second-order valence-corrected chi connectivity index (χ2v) is 7.01. The van der Waals surface area contributed by atoms with Gasteiger partial charge in [0.2, 0.25) is 0 Å². The van der Waals surface area contributed by atoms with Crippen molar-refractivity contribution in [2.24, 2.45) is 5.41 Å². The number of hydrogen-bond acceptors (Lipinski definition) is 4. The minimum Gasteiger partial charge on any atom is -0.382 e. The fourth-order valence-electron chi connectivity index (χ4n) is 2.92. The summed E-state index contributed by atoms with van der Waals surface area (Å²) in [6.45, 7) is 7.41. The van der Waals surface area contributed by atoms with Gasteiger partial charge in [-0.05, 0) is 25.5 Å². The monoisotopic (exact) mass is 302 g/mol. The van der Waals surface area contributed by atoms with Crippen LogP contribution in [0.5, 0.6) is 0 Å². The fraction of sp³-hybridized carbons (Fsp3) is 0.471. The van der Waals surface area contributed by atoms with E-state index in [-0.39, 0.29) is 5.41 Å². The van der Waals surface area contributed by atoms with Gasteiger partial charge in [-0.2, -0.15) is 0 Å². The molecule has 1 saturated carbocycles. The highest BCUT2D eigenvalue weighted by atomic mass is 32.1. The van der Waals surface area contributed by atoms with Crippen LogP contribution in [0.2, 0.25) is 0 Å². The molecular formula is C17H22N2OS. The van der Waals surface area contributed by atoms with Crippen molar-refractivity contribution < 1.29 is 4.74 Å². The maximum absolute atomic E-state index is 5.80. The van der Waals surface area contributed by atoms with Gasteiger partial charge in [0.1, 0.15) is 5.01 Å². The molecule has 0 spiro atoms. The van der Waals surface area contributed by atoms with Crippen LogP contribution in [0.1, 0.15) is 27.2 Å². The number of ether oxygens (including phenoxy) is 1. The molecule has 1 aliphatic carbocycles. The van der Waals surface area contributed by atoms with Gasteiger partial charge in [0.15, 0.2) is 0 Å². The number of anilines is 1. The molecule has 1 fully saturated rings. The first kappa shape index (κ1) is 14.5. The van der Waals surface area contributed by atoms with E-state index in [4.69, 9.17) is 4.74 Å². The lowest BCUT2D eigenvalue weighted by atomic mass is 9.64. The van der Waals surface area contributed by atoms with Crippen LogP contribution in [-0.2, 0) is 4.74 Å². The molecule has 3 nitrogen and oxygen atoms in total. The van der Waals surface area contributed by atoms with E-state index in [1.807, 2.05) is 11.6 Å². The number of nitrogens with one attached hydrogen (secondary N) is 1. The van der Waals surface area contributed by atoms with E-state index in [0.717, 1.165) is 23.7 Å². The Bertz CT molecular complexity index is 595. The SMILES string of the molecule is CCOC1CC(Nc2cccc(-c3nccs3)c2)C1(C)C. The van der Waals surface area contributed by atoms with E-state index in [1.54, 1.807) is 11.3 Å². The number of aromatic nitrogens is 1. The van der Waals surface area contributed by atoms with E-state index in [1.165, 1.54) is 5.56 Å². The van der Waals surface area contributed by atoms with E-state index < -0.39 is 0 Å². The van der Waals surface area contributed by atoms with Gasteiger partial charge in [0.25, 0.3) is 0 Å². The summed E-state index contributed by atoms with van der Waals surface area (Å²) in [6.07, 6.45) is 3.28. The predicted octanol–water partition coefficient (Wildman–Crippen LogP) is 4.43. The summed E-state index contributed by atoms with van der Waals surface area (Å²) >= 11 is 1.67. The van der Waals surface area contributed by atoms with Gasteiger partial charge in [-0.25, -0.2) is 4.98 Å². The zero-order valence-corrected chi connectivity index (χ0v) is 13.6.